The number of piperazine rings is 1. The van der Waals surface area contributed by atoms with Gasteiger partial charge in [0.05, 0.1) is 23.7 Å². The second-order valence-electron chi connectivity index (χ2n) is 6.96. The summed E-state index contributed by atoms with van der Waals surface area (Å²) in [6.07, 6.45) is 0. The number of hydrogen-bond acceptors (Lipinski definition) is 4. The Morgan fingerprint density at radius 3 is 2.43 bits per heavy atom. The highest BCUT2D eigenvalue weighted by molar-refractivity contribution is 6.35. The average molecular weight is 422 g/mol. The van der Waals surface area contributed by atoms with Crippen LogP contribution >= 0.6 is 23.2 Å². The van der Waals surface area contributed by atoms with E-state index in [0.29, 0.717) is 22.2 Å². The Balaban J connectivity index is 1.76. The molecule has 0 bridgehead atoms. The van der Waals surface area contributed by atoms with Crippen molar-refractivity contribution in [2.75, 3.05) is 46.9 Å². The van der Waals surface area contributed by atoms with Gasteiger partial charge in [0.1, 0.15) is 5.75 Å². The first kappa shape index (κ1) is 20.9. The van der Waals surface area contributed by atoms with Gasteiger partial charge < -0.3 is 15.0 Å². The second kappa shape index (κ2) is 9.61. The fraction of sp³-hybridized carbons (Fsp3) is 0.381. The van der Waals surface area contributed by atoms with Gasteiger partial charge in [0.25, 0.3) is 5.91 Å². The van der Waals surface area contributed by atoms with Gasteiger partial charge in [0.15, 0.2) is 0 Å². The van der Waals surface area contributed by atoms with Crippen LogP contribution in [-0.2, 0) is 0 Å². The maximum Gasteiger partial charge on any atom is 0.252 e. The Hall–Kier alpha value is -1.79. The van der Waals surface area contributed by atoms with E-state index in [1.54, 1.807) is 25.3 Å². The summed E-state index contributed by atoms with van der Waals surface area (Å²) in [6.45, 7) is 4.38. The molecule has 1 fully saturated rings. The van der Waals surface area contributed by atoms with E-state index in [2.05, 4.69) is 34.3 Å². The van der Waals surface area contributed by atoms with Crippen molar-refractivity contribution in [1.29, 1.82) is 0 Å². The number of nitrogens with one attached hydrogen (secondary N) is 1. The highest BCUT2D eigenvalue weighted by Crippen LogP contribution is 2.25. The summed E-state index contributed by atoms with van der Waals surface area (Å²) in [7, 11) is 3.78. The third-order valence-corrected chi connectivity index (χ3v) is 5.67. The number of halogens is 2. The highest BCUT2D eigenvalue weighted by atomic mass is 35.5. The number of ether oxygens (including phenoxy) is 1. The number of carbonyl (C=O) groups is 1. The zero-order chi connectivity index (χ0) is 20.1. The van der Waals surface area contributed by atoms with Crippen LogP contribution in [0.25, 0.3) is 0 Å². The van der Waals surface area contributed by atoms with Crippen LogP contribution < -0.4 is 10.1 Å². The fourth-order valence-electron chi connectivity index (χ4n) is 3.37. The van der Waals surface area contributed by atoms with Crippen LogP contribution in [0.5, 0.6) is 5.75 Å². The van der Waals surface area contributed by atoms with Crippen molar-refractivity contribution in [2.24, 2.45) is 0 Å². The summed E-state index contributed by atoms with van der Waals surface area (Å²) in [5, 5.41) is 3.91. The summed E-state index contributed by atoms with van der Waals surface area (Å²) in [5.41, 5.74) is 1.53. The van der Waals surface area contributed by atoms with Crippen molar-refractivity contribution in [2.45, 2.75) is 6.04 Å². The lowest BCUT2D eigenvalue weighted by Crippen LogP contribution is -2.48. The Bertz CT molecular complexity index is 806. The molecule has 2 aromatic rings. The van der Waals surface area contributed by atoms with Crippen LogP contribution in [-0.4, -0.2) is 62.6 Å². The fourth-order valence-corrected chi connectivity index (χ4v) is 3.75. The largest absolute Gasteiger partial charge is 0.497 e. The first-order chi connectivity index (χ1) is 13.5. The van der Waals surface area contributed by atoms with E-state index in [4.69, 9.17) is 27.9 Å². The van der Waals surface area contributed by atoms with E-state index in [1.165, 1.54) is 0 Å². The van der Waals surface area contributed by atoms with E-state index in [1.807, 2.05) is 12.1 Å². The Kier molecular flexibility index (Phi) is 7.18. The molecule has 1 N–H and O–H groups in total. The molecule has 0 unspecified atom stereocenters. The number of nitrogens with zero attached hydrogens (tertiary/aromatic N) is 2. The molecule has 3 rings (SSSR count). The van der Waals surface area contributed by atoms with Crippen LogP contribution in [0.15, 0.2) is 42.5 Å². The van der Waals surface area contributed by atoms with E-state index in [-0.39, 0.29) is 11.9 Å². The maximum atomic E-state index is 12.7. The first-order valence-corrected chi connectivity index (χ1v) is 10.0. The van der Waals surface area contributed by atoms with Crippen molar-refractivity contribution >= 4 is 29.1 Å². The summed E-state index contributed by atoms with van der Waals surface area (Å²) in [6, 6.07) is 13.0. The molecule has 150 valence electrons. The summed E-state index contributed by atoms with van der Waals surface area (Å²) >= 11 is 12.2. The van der Waals surface area contributed by atoms with Crippen molar-refractivity contribution in [3.05, 3.63) is 63.6 Å². The summed E-state index contributed by atoms with van der Waals surface area (Å²) < 4.78 is 5.27. The Labute approximate surface area is 176 Å². The number of benzene rings is 2. The predicted octanol–water partition coefficient (Wildman–Crippen LogP) is 3.72. The predicted molar refractivity (Wildman–Crippen MR) is 114 cm³/mol. The van der Waals surface area contributed by atoms with E-state index in [9.17, 15) is 4.79 Å². The zero-order valence-corrected chi connectivity index (χ0v) is 17.6. The number of methoxy groups -OCH3 is 1. The van der Waals surface area contributed by atoms with Gasteiger partial charge in [-0.1, -0.05) is 35.3 Å². The topological polar surface area (TPSA) is 44.8 Å². The van der Waals surface area contributed by atoms with Gasteiger partial charge in [-0.05, 0) is 42.9 Å². The number of carbonyl (C=O) groups excluding carboxylic acids is 1. The third kappa shape index (κ3) is 5.17. The average Bonchev–Trinajstić information content (AvgIpc) is 2.71. The van der Waals surface area contributed by atoms with Gasteiger partial charge >= 0.3 is 0 Å². The van der Waals surface area contributed by atoms with E-state index < -0.39 is 0 Å². The van der Waals surface area contributed by atoms with Crippen molar-refractivity contribution in [3.8, 4) is 5.75 Å². The minimum atomic E-state index is -0.222. The van der Waals surface area contributed by atoms with Crippen LogP contribution in [0.4, 0.5) is 0 Å². The molecule has 0 saturated carbocycles. The molecule has 0 spiro atoms. The normalized spacial score (nSPS) is 16.6. The second-order valence-corrected chi connectivity index (χ2v) is 7.81. The molecule has 1 aliphatic heterocycles. The lowest BCUT2D eigenvalue weighted by molar-refractivity contribution is 0.0886. The molecule has 1 saturated heterocycles. The number of rotatable bonds is 6. The highest BCUT2D eigenvalue weighted by Gasteiger charge is 2.25. The molecule has 0 aromatic heterocycles. The third-order valence-electron chi connectivity index (χ3n) is 5.11. The smallest absolute Gasteiger partial charge is 0.252 e. The minimum absolute atomic E-state index is 0.0708. The van der Waals surface area contributed by atoms with Gasteiger partial charge in [-0.2, -0.15) is 0 Å². The molecule has 5 nitrogen and oxygen atoms in total. The standard InChI is InChI=1S/C21H25Cl2N3O2/c1-25-9-11-26(12-10-25)20(15-3-6-17(28-2)7-4-15)14-24-21(27)18-13-16(22)5-8-19(18)23/h3-8,13,20H,9-12,14H2,1-2H3,(H,24,27)/t20-/m1/s1. The first-order valence-electron chi connectivity index (χ1n) is 9.27. The molecule has 1 aliphatic rings. The van der Waals surface area contributed by atoms with Crippen LogP contribution in [0.1, 0.15) is 22.0 Å². The molecule has 2 aromatic carbocycles. The number of hydrogen-bond donors (Lipinski definition) is 1. The van der Waals surface area contributed by atoms with Gasteiger partial charge in [0, 0.05) is 37.7 Å². The zero-order valence-electron chi connectivity index (χ0n) is 16.1. The van der Waals surface area contributed by atoms with Crippen LogP contribution in [0.3, 0.4) is 0 Å². The molecule has 1 heterocycles. The SMILES string of the molecule is COc1ccc([C@@H](CNC(=O)c2cc(Cl)ccc2Cl)N2CCN(C)CC2)cc1. The van der Waals surface area contributed by atoms with Crippen LogP contribution in [0, 0.1) is 0 Å². The van der Waals surface area contributed by atoms with Crippen molar-refractivity contribution in [3.63, 3.8) is 0 Å². The lowest BCUT2D eigenvalue weighted by Gasteiger charge is -2.38. The van der Waals surface area contributed by atoms with Crippen molar-refractivity contribution < 1.29 is 9.53 Å². The van der Waals surface area contributed by atoms with Gasteiger partial charge in [0.2, 0.25) is 0 Å². The molecule has 7 heteroatoms. The van der Waals surface area contributed by atoms with Gasteiger partial charge in [-0.25, -0.2) is 0 Å². The molecule has 28 heavy (non-hydrogen) atoms. The Morgan fingerprint density at radius 1 is 1.11 bits per heavy atom. The molecular formula is C21H25Cl2N3O2. The quantitative estimate of drug-likeness (QED) is 0.771. The van der Waals surface area contributed by atoms with Gasteiger partial charge in [-0.3, -0.25) is 9.69 Å². The monoisotopic (exact) mass is 421 g/mol. The molecule has 1 amide bonds. The van der Waals surface area contributed by atoms with E-state index in [0.717, 1.165) is 37.5 Å². The maximum absolute atomic E-state index is 12.7. The molecule has 0 radical (unpaired) electrons. The Morgan fingerprint density at radius 2 is 1.79 bits per heavy atom. The number of likely N-dealkylation sites (N-methyl/N-ethyl adjacent to an activating group) is 1. The molecule has 0 aliphatic carbocycles. The lowest BCUT2D eigenvalue weighted by atomic mass is 10.0. The molecule has 1 atom stereocenters. The van der Waals surface area contributed by atoms with E-state index >= 15 is 0 Å². The van der Waals surface area contributed by atoms with Gasteiger partial charge in [-0.15, -0.1) is 0 Å². The summed E-state index contributed by atoms with van der Waals surface area (Å²) in [5.74, 6) is 0.593. The number of amides is 1. The molecular weight excluding hydrogens is 397 g/mol. The summed E-state index contributed by atoms with van der Waals surface area (Å²) in [4.78, 5) is 17.4. The van der Waals surface area contributed by atoms with Crippen molar-refractivity contribution in [1.82, 2.24) is 15.1 Å². The minimum Gasteiger partial charge on any atom is -0.497 e. The van der Waals surface area contributed by atoms with Crippen LogP contribution in [0.2, 0.25) is 10.0 Å².